The predicted octanol–water partition coefficient (Wildman–Crippen LogP) is 0.841. The summed E-state index contributed by atoms with van der Waals surface area (Å²) in [6.07, 6.45) is 0. The van der Waals surface area contributed by atoms with Crippen LogP contribution in [0.2, 0.25) is 0 Å². The zero-order valence-electron chi connectivity index (χ0n) is 8.54. The second kappa shape index (κ2) is 4.09. The molecule has 1 aromatic heterocycles. The van der Waals surface area contributed by atoms with Gasteiger partial charge >= 0.3 is 5.97 Å². The molecule has 0 bridgehead atoms. The number of carboxylic acids is 1. The topological polar surface area (TPSA) is 103 Å². The number of aromatic nitrogens is 2. The molecule has 0 amide bonds. The first-order valence-electron chi connectivity index (χ1n) is 4.70. The third kappa shape index (κ3) is 2.15. The maximum atomic E-state index is 11.2. The molecule has 0 fully saturated rings. The number of phenols is 1. The number of rotatable bonds is 2. The van der Waals surface area contributed by atoms with Gasteiger partial charge in [-0.25, -0.2) is 9.89 Å². The van der Waals surface area contributed by atoms with Gasteiger partial charge in [0.2, 0.25) is 0 Å². The van der Waals surface area contributed by atoms with E-state index in [0.29, 0.717) is 11.3 Å². The number of nitrogens with one attached hydrogen (secondary N) is 1. The first-order chi connectivity index (χ1) is 8.08. The summed E-state index contributed by atoms with van der Waals surface area (Å²) in [5.74, 6) is -1.22. The van der Waals surface area contributed by atoms with Gasteiger partial charge in [-0.1, -0.05) is 0 Å². The molecule has 0 atom stereocenters. The Morgan fingerprint density at radius 1 is 1.24 bits per heavy atom. The van der Waals surface area contributed by atoms with Crippen molar-refractivity contribution >= 4 is 5.97 Å². The first-order valence-corrected chi connectivity index (χ1v) is 4.70. The molecule has 0 aliphatic carbocycles. The smallest absolute Gasteiger partial charge is 0.341 e. The van der Waals surface area contributed by atoms with E-state index >= 15 is 0 Å². The summed E-state index contributed by atoms with van der Waals surface area (Å²) in [6.45, 7) is 0. The minimum Gasteiger partial charge on any atom is -0.508 e. The number of aromatic amines is 1. The van der Waals surface area contributed by atoms with Crippen LogP contribution in [0.25, 0.3) is 11.3 Å². The molecule has 6 nitrogen and oxygen atoms in total. The third-order valence-corrected chi connectivity index (χ3v) is 2.20. The molecule has 0 unspecified atom stereocenters. The second-order valence-electron chi connectivity index (χ2n) is 3.35. The van der Waals surface area contributed by atoms with Crippen molar-refractivity contribution in [3.63, 3.8) is 0 Å². The molecule has 0 radical (unpaired) electrons. The fraction of sp³-hybridized carbons (Fsp3) is 0. The lowest BCUT2D eigenvalue weighted by molar-refractivity contribution is 0.0694. The summed E-state index contributed by atoms with van der Waals surface area (Å²) < 4.78 is 0. The van der Waals surface area contributed by atoms with E-state index in [2.05, 4.69) is 10.2 Å². The van der Waals surface area contributed by atoms with Gasteiger partial charge in [0.25, 0.3) is 5.56 Å². The maximum absolute atomic E-state index is 11.2. The normalized spacial score (nSPS) is 10.1. The van der Waals surface area contributed by atoms with Crippen molar-refractivity contribution < 1.29 is 15.0 Å². The molecule has 6 heteroatoms. The van der Waals surface area contributed by atoms with Crippen LogP contribution < -0.4 is 5.56 Å². The number of H-pyrrole nitrogens is 1. The lowest BCUT2D eigenvalue weighted by Crippen LogP contribution is -2.18. The van der Waals surface area contributed by atoms with Crippen molar-refractivity contribution in [2.45, 2.75) is 0 Å². The van der Waals surface area contributed by atoms with E-state index in [1.54, 1.807) is 12.1 Å². The lowest BCUT2D eigenvalue weighted by atomic mass is 10.1. The van der Waals surface area contributed by atoms with Gasteiger partial charge in [0, 0.05) is 5.56 Å². The Balaban J connectivity index is 2.53. The van der Waals surface area contributed by atoms with Crippen molar-refractivity contribution in [3.05, 3.63) is 46.2 Å². The molecule has 1 heterocycles. The number of carbonyl (C=O) groups is 1. The van der Waals surface area contributed by atoms with Gasteiger partial charge in [-0.3, -0.25) is 4.79 Å². The van der Waals surface area contributed by atoms with Crippen molar-refractivity contribution in [1.82, 2.24) is 10.2 Å². The minimum absolute atomic E-state index is 0.0941. The molecule has 17 heavy (non-hydrogen) atoms. The van der Waals surface area contributed by atoms with E-state index in [1.165, 1.54) is 18.2 Å². The van der Waals surface area contributed by atoms with E-state index in [4.69, 9.17) is 10.2 Å². The summed E-state index contributed by atoms with van der Waals surface area (Å²) in [5.41, 5.74) is -0.202. The fourth-order valence-corrected chi connectivity index (χ4v) is 1.34. The summed E-state index contributed by atoms with van der Waals surface area (Å²) in [6, 6.07) is 7.22. The van der Waals surface area contributed by atoms with Gasteiger partial charge in [0.15, 0.2) is 0 Å². The Bertz CT molecular complexity index is 616. The van der Waals surface area contributed by atoms with Crippen LogP contribution in [0, 0.1) is 0 Å². The Morgan fingerprint density at radius 3 is 2.47 bits per heavy atom. The predicted molar refractivity (Wildman–Crippen MR) is 58.9 cm³/mol. The van der Waals surface area contributed by atoms with E-state index in [-0.39, 0.29) is 11.3 Å². The van der Waals surface area contributed by atoms with E-state index in [0.717, 1.165) is 0 Å². The van der Waals surface area contributed by atoms with Gasteiger partial charge in [0.05, 0.1) is 5.69 Å². The number of aromatic carboxylic acids is 1. The SMILES string of the molecule is O=C(O)c1cc(-c2ccc(O)cc2)n[nH]c1=O. The molecule has 0 saturated carbocycles. The van der Waals surface area contributed by atoms with Gasteiger partial charge in [0.1, 0.15) is 11.3 Å². The Hall–Kier alpha value is -2.63. The van der Waals surface area contributed by atoms with Crippen LogP contribution >= 0.6 is 0 Å². The maximum Gasteiger partial charge on any atom is 0.341 e. The summed E-state index contributed by atoms with van der Waals surface area (Å²) in [4.78, 5) is 21.9. The van der Waals surface area contributed by atoms with Gasteiger partial charge in [-0.15, -0.1) is 0 Å². The highest BCUT2D eigenvalue weighted by Crippen LogP contribution is 2.19. The van der Waals surface area contributed by atoms with Crippen LogP contribution in [0.1, 0.15) is 10.4 Å². The van der Waals surface area contributed by atoms with Crippen LogP contribution in [0.5, 0.6) is 5.75 Å². The largest absolute Gasteiger partial charge is 0.508 e. The number of nitrogens with zero attached hydrogens (tertiary/aromatic N) is 1. The molecule has 0 aliphatic rings. The van der Waals surface area contributed by atoms with Crippen molar-refractivity contribution in [2.75, 3.05) is 0 Å². The highest BCUT2D eigenvalue weighted by atomic mass is 16.4. The van der Waals surface area contributed by atoms with Crippen molar-refractivity contribution in [1.29, 1.82) is 0 Å². The zero-order valence-corrected chi connectivity index (χ0v) is 8.54. The van der Waals surface area contributed by atoms with Crippen LogP contribution in [-0.2, 0) is 0 Å². The third-order valence-electron chi connectivity index (χ3n) is 2.20. The van der Waals surface area contributed by atoms with Crippen molar-refractivity contribution in [2.24, 2.45) is 0 Å². The second-order valence-corrected chi connectivity index (χ2v) is 3.35. The van der Waals surface area contributed by atoms with Crippen LogP contribution in [0.15, 0.2) is 35.1 Å². The van der Waals surface area contributed by atoms with Gasteiger partial charge in [-0.05, 0) is 30.3 Å². The highest BCUT2D eigenvalue weighted by molar-refractivity contribution is 5.88. The number of hydrogen-bond donors (Lipinski definition) is 3. The van der Waals surface area contributed by atoms with Crippen LogP contribution in [-0.4, -0.2) is 26.4 Å². The molecule has 0 saturated heterocycles. The first kappa shape index (κ1) is 10.9. The monoisotopic (exact) mass is 232 g/mol. The molecular weight excluding hydrogens is 224 g/mol. The van der Waals surface area contributed by atoms with Crippen LogP contribution in [0.4, 0.5) is 0 Å². The Morgan fingerprint density at radius 2 is 1.88 bits per heavy atom. The highest BCUT2D eigenvalue weighted by Gasteiger charge is 2.11. The molecule has 3 N–H and O–H groups in total. The summed E-state index contributed by atoms with van der Waals surface area (Å²) >= 11 is 0. The quantitative estimate of drug-likeness (QED) is 0.711. The van der Waals surface area contributed by atoms with Crippen LogP contribution in [0.3, 0.4) is 0 Å². The summed E-state index contributed by atoms with van der Waals surface area (Å²) in [7, 11) is 0. The minimum atomic E-state index is -1.31. The number of phenolic OH excluding ortho intramolecular Hbond substituents is 1. The molecular formula is C11H8N2O4. The molecule has 86 valence electrons. The number of benzene rings is 1. The molecule has 2 aromatic rings. The molecule has 1 aromatic carbocycles. The van der Waals surface area contributed by atoms with Gasteiger partial charge < -0.3 is 10.2 Å². The molecule has 0 spiro atoms. The average molecular weight is 232 g/mol. The van der Waals surface area contributed by atoms with Gasteiger partial charge in [-0.2, -0.15) is 5.10 Å². The standard InChI is InChI=1S/C11H8N2O4/c14-7-3-1-6(2-4-7)9-5-8(11(16)17)10(15)13-12-9/h1-5,14H,(H,13,15)(H,16,17). The fourth-order valence-electron chi connectivity index (χ4n) is 1.34. The van der Waals surface area contributed by atoms with E-state index < -0.39 is 11.5 Å². The summed E-state index contributed by atoms with van der Waals surface area (Å²) in [5, 5.41) is 23.8. The van der Waals surface area contributed by atoms with E-state index in [1.807, 2.05) is 0 Å². The number of hydrogen-bond acceptors (Lipinski definition) is 4. The molecule has 0 aliphatic heterocycles. The Labute approximate surface area is 95.2 Å². The van der Waals surface area contributed by atoms with Crippen molar-refractivity contribution in [3.8, 4) is 17.0 Å². The average Bonchev–Trinajstić information content (AvgIpc) is 2.30. The zero-order chi connectivity index (χ0) is 12.4. The van der Waals surface area contributed by atoms with E-state index in [9.17, 15) is 9.59 Å². The molecule has 2 rings (SSSR count). The lowest BCUT2D eigenvalue weighted by Gasteiger charge is -2.01. The Kier molecular flexibility index (Phi) is 2.61. The number of aromatic hydroxyl groups is 1. The number of carboxylic acid groups (broad SMARTS) is 1.